The number of carbonyl (C=O) groups excluding carboxylic acids is 1. The van der Waals surface area contributed by atoms with Crippen LogP contribution < -0.4 is 11.1 Å². The number of anilines is 1. The molecule has 0 fully saturated rings. The van der Waals surface area contributed by atoms with Gasteiger partial charge in [0.25, 0.3) is 5.91 Å². The Morgan fingerprint density at radius 1 is 1.47 bits per heavy atom. The van der Waals surface area contributed by atoms with E-state index < -0.39 is 0 Å². The molecule has 3 N–H and O–H groups in total. The van der Waals surface area contributed by atoms with Crippen molar-refractivity contribution in [2.24, 2.45) is 0 Å². The summed E-state index contributed by atoms with van der Waals surface area (Å²) >= 11 is 0. The molecule has 3 heteroatoms. The second-order valence-electron chi connectivity index (χ2n) is 4.55. The Morgan fingerprint density at radius 3 is 2.82 bits per heavy atom. The lowest BCUT2D eigenvalue weighted by atomic mass is 10.1. The molecule has 1 rings (SSSR count). The third-order valence-electron chi connectivity index (χ3n) is 2.94. The van der Waals surface area contributed by atoms with Crippen molar-refractivity contribution < 1.29 is 4.79 Å². The van der Waals surface area contributed by atoms with Crippen LogP contribution in [0.1, 0.15) is 49.0 Å². The first kappa shape index (κ1) is 13.6. The molecular formula is C14H22N2O. The van der Waals surface area contributed by atoms with Crippen LogP contribution in [-0.4, -0.2) is 11.9 Å². The summed E-state index contributed by atoms with van der Waals surface area (Å²) in [6.45, 7) is 6.08. The molecule has 0 heterocycles. The highest BCUT2D eigenvalue weighted by Crippen LogP contribution is 2.16. The summed E-state index contributed by atoms with van der Waals surface area (Å²) < 4.78 is 0. The van der Waals surface area contributed by atoms with Gasteiger partial charge in [0.2, 0.25) is 0 Å². The summed E-state index contributed by atoms with van der Waals surface area (Å²) in [7, 11) is 0. The average Bonchev–Trinajstić information content (AvgIpc) is 2.29. The Labute approximate surface area is 103 Å². The minimum absolute atomic E-state index is 0.0743. The molecule has 1 aromatic rings. The monoisotopic (exact) mass is 234 g/mol. The number of amides is 1. The maximum Gasteiger partial charge on any atom is 0.253 e. The van der Waals surface area contributed by atoms with Gasteiger partial charge in [0.05, 0.1) is 5.56 Å². The van der Waals surface area contributed by atoms with Crippen LogP contribution in [0.2, 0.25) is 0 Å². The first-order valence-electron chi connectivity index (χ1n) is 6.22. The van der Waals surface area contributed by atoms with Crippen LogP contribution >= 0.6 is 0 Å². The van der Waals surface area contributed by atoms with Crippen LogP contribution in [0.5, 0.6) is 0 Å². The van der Waals surface area contributed by atoms with E-state index in [-0.39, 0.29) is 11.9 Å². The molecule has 1 amide bonds. The molecular weight excluding hydrogens is 212 g/mol. The normalized spacial score (nSPS) is 12.2. The molecule has 0 aliphatic rings. The number of aryl methyl sites for hydroxylation is 1. The number of nitrogens with two attached hydrogens (primary N) is 1. The minimum Gasteiger partial charge on any atom is -0.398 e. The van der Waals surface area contributed by atoms with Crippen molar-refractivity contribution in [3.63, 3.8) is 0 Å². The van der Waals surface area contributed by atoms with Crippen molar-refractivity contribution in [2.45, 2.75) is 46.1 Å². The lowest BCUT2D eigenvalue weighted by Gasteiger charge is -2.15. The van der Waals surface area contributed by atoms with Crippen molar-refractivity contribution in [3.8, 4) is 0 Å². The largest absolute Gasteiger partial charge is 0.398 e. The topological polar surface area (TPSA) is 55.1 Å². The van der Waals surface area contributed by atoms with Crippen molar-refractivity contribution in [2.75, 3.05) is 5.73 Å². The zero-order valence-electron chi connectivity index (χ0n) is 10.9. The number of hydrogen-bond donors (Lipinski definition) is 2. The fourth-order valence-electron chi connectivity index (χ4n) is 1.76. The van der Waals surface area contributed by atoms with Gasteiger partial charge in [-0.25, -0.2) is 0 Å². The molecule has 0 saturated heterocycles. The van der Waals surface area contributed by atoms with Gasteiger partial charge >= 0.3 is 0 Å². The van der Waals surface area contributed by atoms with Crippen LogP contribution in [0.15, 0.2) is 18.2 Å². The van der Waals surface area contributed by atoms with Crippen LogP contribution in [0, 0.1) is 6.92 Å². The average molecular weight is 234 g/mol. The van der Waals surface area contributed by atoms with Crippen LogP contribution in [0.25, 0.3) is 0 Å². The van der Waals surface area contributed by atoms with Gasteiger partial charge in [0, 0.05) is 11.7 Å². The zero-order chi connectivity index (χ0) is 12.8. The molecule has 94 valence electrons. The third kappa shape index (κ3) is 3.77. The van der Waals surface area contributed by atoms with E-state index in [1.165, 1.54) is 0 Å². The maximum absolute atomic E-state index is 12.0. The van der Waals surface area contributed by atoms with Gasteiger partial charge in [-0.3, -0.25) is 4.79 Å². The Kier molecular flexibility index (Phi) is 5.01. The van der Waals surface area contributed by atoms with Gasteiger partial charge in [-0.15, -0.1) is 0 Å². The predicted octanol–water partition coefficient (Wildman–Crippen LogP) is 2.89. The molecule has 3 nitrogen and oxygen atoms in total. The van der Waals surface area contributed by atoms with Crippen LogP contribution in [-0.2, 0) is 0 Å². The smallest absolute Gasteiger partial charge is 0.253 e. The van der Waals surface area contributed by atoms with Crippen molar-refractivity contribution >= 4 is 11.6 Å². The summed E-state index contributed by atoms with van der Waals surface area (Å²) in [5.74, 6) is -0.0743. The quantitative estimate of drug-likeness (QED) is 0.770. The number of para-hydroxylation sites is 1. The molecule has 17 heavy (non-hydrogen) atoms. The van der Waals surface area contributed by atoms with E-state index in [4.69, 9.17) is 5.73 Å². The SMILES string of the molecule is CCCCC(C)NC(=O)c1cccc(C)c1N. The number of rotatable bonds is 5. The zero-order valence-corrected chi connectivity index (χ0v) is 10.9. The van der Waals surface area contributed by atoms with Crippen molar-refractivity contribution in [3.05, 3.63) is 29.3 Å². The van der Waals surface area contributed by atoms with E-state index in [0.29, 0.717) is 11.3 Å². The van der Waals surface area contributed by atoms with Gasteiger partial charge in [-0.05, 0) is 31.9 Å². The highest BCUT2D eigenvalue weighted by atomic mass is 16.1. The van der Waals surface area contributed by atoms with E-state index in [1.807, 2.05) is 26.0 Å². The second-order valence-corrected chi connectivity index (χ2v) is 4.55. The maximum atomic E-state index is 12.0. The van der Waals surface area contributed by atoms with Gasteiger partial charge in [0.15, 0.2) is 0 Å². The molecule has 0 aliphatic heterocycles. The fraction of sp³-hybridized carbons (Fsp3) is 0.500. The number of benzene rings is 1. The molecule has 1 unspecified atom stereocenters. The van der Waals surface area contributed by atoms with Gasteiger partial charge in [-0.1, -0.05) is 31.9 Å². The summed E-state index contributed by atoms with van der Waals surface area (Å²) in [6, 6.07) is 5.73. The summed E-state index contributed by atoms with van der Waals surface area (Å²) in [6.07, 6.45) is 3.28. The molecule has 0 aliphatic carbocycles. The lowest BCUT2D eigenvalue weighted by Crippen LogP contribution is -2.33. The molecule has 0 spiro atoms. The van der Waals surface area contributed by atoms with E-state index in [1.54, 1.807) is 6.07 Å². The standard InChI is InChI=1S/C14H22N2O/c1-4-5-8-11(3)16-14(17)12-9-6-7-10(2)13(12)15/h6-7,9,11H,4-5,8,15H2,1-3H3,(H,16,17). The molecule has 0 radical (unpaired) electrons. The number of nitrogen functional groups attached to an aromatic ring is 1. The predicted molar refractivity (Wildman–Crippen MR) is 72.0 cm³/mol. The van der Waals surface area contributed by atoms with Gasteiger partial charge in [0.1, 0.15) is 0 Å². The lowest BCUT2D eigenvalue weighted by molar-refractivity contribution is 0.0939. The van der Waals surface area contributed by atoms with Crippen molar-refractivity contribution in [1.82, 2.24) is 5.32 Å². The minimum atomic E-state index is -0.0743. The fourth-order valence-corrected chi connectivity index (χ4v) is 1.76. The molecule has 1 atom stereocenters. The van der Waals surface area contributed by atoms with E-state index in [0.717, 1.165) is 24.8 Å². The molecule has 0 aromatic heterocycles. The highest BCUT2D eigenvalue weighted by Gasteiger charge is 2.12. The van der Waals surface area contributed by atoms with Crippen LogP contribution in [0.4, 0.5) is 5.69 Å². The Balaban J connectivity index is 2.67. The summed E-state index contributed by atoms with van der Waals surface area (Å²) in [5.41, 5.74) is 8.00. The third-order valence-corrected chi connectivity index (χ3v) is 2.94. The summed E-state index contributed by atoms with van der Waals surface area (Å²) in [4.78, 5) is 12.0. The first-order valence-corrected chi connectivity index (χ1v) is 6.22. The van der Waals surface area contributed by atoms with E-state index in [9.17, 15) is 4.79 Å². The number of carbonyl (C=O) groups is 1. The number of nitrogens with one attached hydrogen (secondary N) is 1. The Morgan fingerprint density at radius 2 is 2.18 bits per heavy atom. The van der Waals surface area contributed by atoms with Crippen LogP contribution in [0.3, 0.4) is 0 Å². The second kappa shape index (κ2) is 6.28. The Hall–Kier alpha value is -1.51. The highest BCUT2D eigenvalue weighted by molar-refractivity contribution is 5.99. The van der Waals surface area contributed by atoms with Gasteiger partial charge in [-0.2, -0.15) is 0 Å². The number of unbranched alkanes of at least 4 members (excludes halogenated alkanes) is 1. The van der Waals surface area contributed by atoms with Crippen molar-refractivity contribution in [1.29, 1.82) is 0 Å². The molecule has 1 aromatic carbocycles. The first-order chi connectivity index (χ1) is 8.06. The number of hydrogen-bond acceptors (Lipinski definition) is 2. The molecule has 0 bridgehead atoms. The van der Waals surface area contributed by atoms with E-state index >= 15 is 0 Å². The Bertz CT molecular complexity index is 388. The molecule has 0 saturated carbocycles. The summed E-state index contributed by atoms with van der Waals surface area (Å²) in [5, 5.41) is 2.98. The van der Waals surface area contributed by atoms with E-state index in [2.05, 4.69) is 12.2 Å². The van der Waals surface area contributed by atoms with Gasteiger partial charge < -0.3 is 11.1 Å².